The van der Waals surface area contributed by atoms with Gasteiger partial charge in [0, 0.05) is 19.1 Å². The predicted octanol–water partition coefficient (Wildman–Crippen LogP) is 1.98. The zero-order valence-corrected chi connectivity index (χ0v) is 10.9. The molecule has 0 saturated carbocycles. The molecule has 1 saturated heterocycles. The summed E-state index contributed by atoms with van der Waals surface area (Å²) in [5.74, 6) is -1.17. The molecule has 1 aromatic rings. The fraction of sp³-hybridized carbons (Fsp3) is 0.500. The highest BCUT2D eigenvalue weighted by molar-refractivity contribution is 5.68. The van der Waals surface area contributed by atoms with E-state index in [4.69, 9.17) is 9.84 Å². The van der Waals surface area contributed by atoms with Crippen molar-refractivity contribution >= 4 is 5.97 Å². The number of hydrogen-bond acceptors (Lipinski definition) is 3. The molecule has 2 rings (SSSR count). The molecule has 1 unspecified atom stereocenters. The topological polar surface area (TPSA) is 49.8 Å². The Kier molecular flexibility index (Phi) is 4.50. The van der Waals surface area contributed by atoms with Gasteiger partial charge in [0.2, 0.25) is 0 Å². The van der Waals surface area contributed by atoms with Crippen LogP contribution >= 0.6 is 0 Å². The van der Waals surface area contributed by atoms with Crippen LogP contribution in [0.5, 0.6) is 0 Å². The van der Waals surface area contributed by atoms with Crippen LogP contribution in [0, 0.1) is 12.7 Å². The second-order valence-corrected chi connectivity index (χ2v) is 4.77. The van der Waals surface area contributed by atoms with Crippen LogP contribution in [0.25, 0.3) is 0 Å². The Hall–Kier alpha value is -1.46. The molecular weight excluding hydrogens is 249 g/mol. The van der Waals surface area contributed by atoms with Gasteiger partial charge >= 0.3 is 5.97 Å². The molecule has 0 radical (unpaired) electrons. The lowest BCUT2D eigenvalue weighted by Gasteiger charge is -2.34. The lowest BCUT2D eigenvalue weighted by atomic mass is 10.00. The number of ether oxygens (including phenoxy) is 1. The molecule has 0 aliphatic carbocycles. The van der Waals surface area contributed by atoms with Crippen LogP contribution in [-0.4, -0.2) is 42.3 Å². The highest BCUT2D eigenvalue weighted by Gasteiger charge is 2.25. The van der Waals surface area contributed by atoms with Crippen LogP contribution in [0.2, 0.25) is 0 Å². The normalized spacial score (nSPS) is 18.2. The Morgan fingerprint density at radius 1 is 1.47 bits per heavy atom. The maximum absolute atomic E-state index is 13.7. The van der Waals surface area contributed by atoms with E-state index in [2.05, 4.69) is 0 Å². The molecule has 0 aromatic heterocycles. The van der Waals surface area contributed by atoms with Crippen LogP contribution < -0.4 is 0 Å². The third-order valence-corrected chi connectivity index (χ3v) is 3.44. The summed E-state index contributed by atoms with van der Waals surface area (Å²) in [7, 11) is 0. The Bertz CT molecular complexity index is 458. The molecular formula is C14H18FNO3. The van der Waals surface area contributed by atoms with E-state index < -0.39 is 5.97 Å². The number of carboxylic acids is 1. The Balaban J connectivity index is 2.24. The number of nitrogens with zero attached hydrogens (tertiary/aromatic N) is 1. The van der Waals surface area contributed by atoms with Crippen LogP contribution in [0.4, 0.5) is 4.39 Å². The minimum Gasteiger partial charge on any atom is -0.481 e. The van der Waals surface area contributed by atoms with E-state index in [0.29, 0.717) is 37.4 Å². The Morgan fingerprint density at radius 3 is 2.74 bits per heavy atom. The monoisotopic (exact) mass is 267 g/mol. The summed E-state index contributed by atoms with van der Waals surface area (Å²) in [6.45, 7) is 4.22. The van der Waals surface area contributed by atoms with Gasteiger partial charge in [-0.3, -0.25) is 9.69 Å². The first-order valence-corrected chi connectivity index (χ1v) is 6.37. The van der Waals surface area contributed by atoms with Crippen LogP contribution in [0.1, 0.15) is 23.6 Å². The summed E-state index contributed by atoms with van der Waals surface area (Å²) in [5, 5.41) is 9.05. The zero-order valence-electron chi connectivity index (χ0n) is 10.9. The largest absolute Gasteiger partial charge is 0.481 e. The number of benzene rings is 1. The molecule has 1 aliphatic heterocycles. The average Bonchev–Trinajstić information content (AvgIpc) is 2.40. The third kappa shape index (κ3) is 3.52. The van der Waals surface area contributed by atoms with Crippen molar-refractivity contribution in [1.82, 2.24) is 4.90 Å². The SMILES string of the molecule is Cc1ccc(C(CC(=O)O)N2CCOCC2)cc1F. The first kappa shape index (κ1) is 14.0. The van der Waals surface area contributed by atoms with E-state index in [1.165, 1.54) is 6.07 Å². The fourth-order valence-corrected chi connectivity index (χ4v) is 2.33. The molecule has 19 heavy (non-hydrogen) atoms. The molecule has 1 N–H and O–H groups in total. The van der Waals surface area contributed by atoms with Crippen molar-refractivity contribution in [3.63, 3.8) is 0 Å². The van der Waals surface area contributed by atoms with Crippen molar-refractivity contribution in [2.45, 2.75) is 19.4 Å². The van der Waals surface area contributed by atoms with E-state index in [-0.39, 0.29) is 18.3 Å². The van der Waals surface area contributed by atoms with Gasteiger partial charge in [0.1, 0.15) is 5.82 Å². The summed E-state index contributed by atoms with van der Waals surface area (Å²) in [6.07, 6.45) is -0.0253. The molecule has 0 bridgehead atoms. The molecule has 1 fully saturated rings. The fourth-order valence-electron chi connectivity index (χ4n) is 2.33. The number of hydrogen-bond donors (Lipinski definition) is 1. The second-order valence-electron chi connectivity index (χ2n) is 4.77. The highest BCUT2D eigenvalue weighted by atomic mass is 19.1. The quantitative estimate of drug-likeness (QED) is 0.906. The highest BCUT2D eigenvalue weighted by Crippen LogP contribution is 2.26. The van der Waals surface area contributed by atoms with Gasteiger partial charge in [0.15, 0.2) is 0 Å². The third-order valence-electron chi connectivity index (χ3n) is 3.44. The van der Waals surface area contributed by atoms with Gasteiger partial charge in [0.25, 0.3) is 0 Å². The van der Waals surface area contributed by atoms with Crippen LogP contribution in [0.15, 0.2) is 18.2 Å². The number of rotatable bonds is 4. The minimum absolute atomic E-state index is 0.0253. The molecule has 1 aliphatic rings. The summed E-state index contributed by atoms with van der Waals surface area (Å²) in [5.41, 5.74) is 1.28. The Labute approximate surface area is 111 Å². The molecule has 4 nitrogen and oxygen atoms in total. The second kappa shape index (κ2) is 6.12. The summed E-state index contributed by atoms with van der Waals surface area (Å²) >= 11 is 0. The van der Waals surface area contributed by atoms with Crippen LogP contribution in [0.3, 0.4) is 0 Å². The number of morpholine rings is 1. The van der Waals surface area contributed by atoms with Gasteiger partial charge in [-0.2, -0.15) is 0 Å². The lowest BCUT2D eigenvalue weighted by molar-refractivity contribution is -0.139. The molecule has 1 heterocycles. The summed E-state index contributed by atoms with van der Waals surface area (Å²) in [4.78, 5) is 13.1. The average molecular weight is 267 g/mol. The number of aliphatic carboxylic acids is 1. The molecule has 104 valence electrons. The van der Waals surface area contributed by atoms with E-state index in [9.17, 15) is 9.18 Å². The lowest BCUT2D eigenvalue weighted by Crippen LogP contribution is -2.39. The molecule has 0 amide bonds. The number of aryl methyl sites for hydroxylation is 1. The maximum Gasteiger partial charge on any atom is 0.305 e. The zero-order chi connectivity index (χ0) is 13.8. The van der Waals surface area contributed by atoms with Gasteiger partial charge in [-0.05, 0) is 24.1 Å². The first-order chi connectivity index (χ1) is 9.08. The molecule has 1 atom stereocenters. The number of carbonyl (C=O) groups is 1. The van der Waals surface area contributed by atoms with Crippen molar-refractivity contribution in [2.24, 2.45) is 0 Å². The van der Waals surface area contributed by atoms with Gasteiger partial charge in [0.05, 0.1) is 19.6 Å². The molecule has 5 heteroatoms. The summed E-state index contributed by atoms with van der Waals surface area (Å²) in [6, 6.07) is 4.65. The van der Waals surface area contributed by atoms with Crippen molar-refractivity contribution < 1.29 is 19.0 Å². The van der Waals surface area contributed by atoms with Crippen LogP contribution in [-0.2, 0) is 9.53 Å². The van der Waals surface area contributed by atoms with Gasteiger partial charge < -0.3 is 9.84 Å². The first-order valence-electron chi connectivity index (χ1n) is 6.37. The maximum atomic E-state index is 13.7. The van der Waals surface area contributed by atoms with Gasteiger partial charge in [-0.25, -0.2) is 4.39 Å². The standard InChI is InChI=1S/C14H18FNO3/c1-10-2-3-11(8-12(10)15)13(9-14(17)18)16-4-6-19-7-5-16/h2-3,8,13H,4-7,9H2,1H3,(H,17,18). The number of halogens is 1. The van der Waals surface area contributed by atoms with Gasteiger partial charge in [-0.15, -0.1) is 0 Å². The summed E-state index contributed by atoms with van der Waals surface area (Å²) < 4.78 is 18.9. The van der Waals surface area contributed by atoms with Gasteiger partial charge in [-0.1, -0.05) is 12.1 Å². The van der Waals surface area contributed by atoms with E-state index in [0.717, 1.165) is 0 Å². The van der Waals surface area contributed by atoms with Crippen molar-refractivity contribution in [3.05, 3.63) is 35.1 Å². The van der Waals surface area contributed by atoms with E-state index >= 15 is 0 Å². The van der Waals surface area contributed by atoms with E-state index in [1.54, 1.807) is 13.0 Å². The minimum atomic E-state index is -0.877. The smallest absolute Gasteiger partial charge is 0.305 e. The molecule has 0 spiro atoms. The Morgan fingerprint density at radius 2 is 2.16 bits per heavy atom. The van der Waals surface area contributed by atoms with E-state index in [1.807, 2.05) is 11.0 Å². The predicted molar refractivity (Wildman–Crippen MR) is 68.5 cm³/mol. The van der Waals surface area contributed by atoms with Crippen molar-refractivity contribution in [3.8, 4) is 0 Å². The van der Waals surface area contributed by atoms with Crippen molar-refractivity contribution in [1.29, 1.82) is 0 Å². The van der Waals surface area contributed by atoms with Crippen molar-refractivity contribution in [2.75, 3.05) is 26.3 Å². The number of carboxylic acid groups (broad SMARTS) is 1. The molecule has 1 aromatic carbocycles.